The number of hydrogen-bond donors (Lipinski definition) is 2. The number of alkyl halides is 6. The van der Waals surface area contributed by atoms with E-state index in [0.29, 0.717) is 6.42 Å². The number of amides is 1. The first-order valence-corrected chi connectivity index (χ1v) is 10.2. The van der Waals surface area contributed by atoms with Gasteiger partial charge in [0.1, 0.15) is 5.76 Å². The van der Waals surface area contributed by atoms with E-state index < -0.39 is 24.3 Å². The van der Waals surface area contributed by atoms with Crippen molar-refractivity contribution in [2.45, 2.75) is 31.7 Å². The fraction of sp³-hybridized carbons (Fsp3) is 0.429. The van der Waals surface area contributed by atoms with Crippen molar-refractivity contribution < 1.29 is 55.4 Å². The van der Waals surface area contributed by atoms with Crippen LogP contribution in [-0.2, 0) is 20.9 Å². The zero-order chi connectivity index (χ0) is 27.1. The summed E-state index contributed by atoms with van der Waals surface area (Å²) in [7, 11) is 0. The van der Waals surface area contributed by atoms with E-state index in [1.165, 1.54) is 0 Å². The number of furan rings is 1. The first-order chi connectivity index (χ1) is 16.6. The third-order valence-electron chi connectivity index (χ3n) is 5.24. The lowest BCUT2D eigenvalue weighted by molar-refractivity contribution is -0.193. The molecular formula is C21H21F6N3O6. The molecule has 2 N–H and O–H groups in total. The molecule has 2 fully saturated rings. The van der Waals surface area contributed by atoms with Crippen LogP contribution in [0.1, 0.15) is 18.6 Å². The molecule has 2 saturated heterocycles. The van der Waals surface area contributed by atoms with Gasteiger partial charge in [-0.3, -0.25) is 14.7 Å². The molecule has 4 rings (SSSR count). The molecule has 1 unspecified atom stereocenters. The Balaban J connectivity index is 0.000000271. The van der Waals surface area contributed by atoms with Gasteiger partial charge in [-0.1, -0.05) is 0 Å². The van der Waals surface area contributed by atoms with Crippen LogP contribution in [0.3, 0.4) is 0 Å². The number of nitrogens with zero attached hydrogens (tertiary/aromatic N) is 3. The van der Waals surface area contributed by atoms with E-state index in [1.807, 2.05) is 29.2 Å². The van der Waals surface area contributed by atoms with Crippen LogP contribution in [0.15, 0.2) is 47.3 Å². The van der Waals surface area contributed by atoms with Gasteiger partial charge in [0.2, 0.25) is 5.91 Å². The van der Waals surface area contributed by atoms with Gasteiger partial charge in [-0.15, -0.1) is 0 Å². The summed E-state index contributed by atoms with van der Waals surface area (Å²) in [6, 6.07) is 7.77. The standard InChI is InChI=1S/C17H19N3O2.2C2HF3O2/c21-16-9-17(13-20(16)14-3-1-6-18-10-14)5-7-19(12-17)11-15-4-2-8-22-15;2*3-2(4,5)1(6)7/h1-4,6,8,10H,5,7,9,11-13H2;2*(H,6,7). The van der Waals surface area contributed by atoms with Crippen LogP contribution in [-0.4, -0.2) is 69.9 Å². The molecular weight excluding hydrogens is 504 g/mol. The van der Waals surface area contributed by atoms with E-state index in [4.69, 9.17) is 24.2 Å². The maximum absolute atomic E-state index is 12.4. The van der Waals surface area contributed by atoms with Gasteiger partial charge >= 0.3 is 24.3 Å². The lowest BCUT2D eigenvalue weighted by atomic mass is 9.86. The van der Waals surface area contributed by atoms with Crippen molar-refractivity contribution in [2.75, 3.05) is 24.5 Å². The Morgan fingerprint density at radius 2 is 1.64 bits per heavy atom. The molecule has 2 aromatic heterocycles. The SMILES string of the molecule is O=C(O)C(F)(F)F.O=C(O)C(F)(F)F.O=C1CC2(CCN(Cc3ccco3)C2)CN1c1cccnc1. The summed E-state index contributed by atoms with van der Waals surface area (Å²) in [6.45, 7) is 3.60. The van der Waals surface area contributed by atoms with Gasteiger partial charge < -0.3 is 19.5 Å². The van der Waals surface area contributed by atoms with E-state index in [1.54, 1.807) is 18.7 Å². The maximum atomic E-state index is 12.4. The molecule has 198 valence electrons. The second kappa shape index (κ2) is 11.4. The monoisotopic (exact) mass is 525 g/mol. The van der Waals surface area contributed by atoms with Gasteiger partial charge in [-0.05, 0) is 37.2 Å². The number of carbonyl (C=O) groups is 3. The highest BCUT2D eigenvalue weighted by atomic mass is 19.4. The number of anilines is 1. The third-order valence-corrected chi connectivity index (χ3v) is 5.24. The van der Waals surface area contributed by atoms with E-state index in [-0.39, 0.29) is 11.3 Å². The molecule has 0 bridgehead atoms. The summed E-state index contributed by atoms with van der Waals surface area (Å²) in [6.07, 6.45) is -3.25. The summed E-state index contributed by atoms with van der Waals surface area (Å²) in [4.78, 5) is 38.6. The molecule has 2 aliphatic heterocycles. The summed E-state index contributed by atoms with van der Waals surface area (Å²) in [5.74, 6) is -4.31. The molecule has 1 atom stereocenters. The normalized spacial score (nSPS) is 19.9. The van der Waals surface area contributed by atoms with Crippen LogP contribution >= 0.6 is 0 Å². The quantitative estimate of drug-likeness (QED) is 0.583. The average molecular weight is 525 g/mol. The number of halogens is 6. The minimum Gasteiger partial charge on any atom is -0.475 e. The van der Waals surface area contributed by atoms with E-state index in [2.05, 4.69) is 9.88 Å². The maximum Gasteiger partial charge on any atom is 0.490 e. The largest absolute Gasteiger partial charge is 0.490 e. The van der Waals surface area contributed by atoms with Gasteiger partial charge in [-0.2, -0.15) is 26.3 Å². The first-order valence-electron chi connectivity index (χ1n) is 10.2. The minimum absolute atomic E-state index is 0.0829. The second-order valence-electron chi connectivity index (χ2n) is 8.01. The molecule has 1 amide bonds. The van der Waals surface area contributed by atoms with Crippen LogP contribution in [0.4, 0.5) is 32.0 Å². The number of rotatable bonds is 3. The number of carboxylic acids is 2. The summed E-state index contributed by atoms with van der Waals surface area (Å²) < 4.78 is 68.9. The van der Waals surface area contributed by atoms with Gasteiger partial charge in [0.05, 0.1) is 24.7 Å². The Morgan fingerprint density at radius 3 is 2.11 bits per heavy atom. The van der Waals surface area contributed by atoms with Crippen LogP contribution in [0.5, 0.6) is 0 Å². The number of likely N-dealkylation sites (tertiary alicyclic amines) is 1. The van der Waals surface area contributed by atoms with Gasteiger partial charge in [0, 0.05) is 31.1 Å². The van der Waals surface area contributed by atoms with E-state index >= 15 is 0 Å². The van der Waals surface area contributed by atoms with Crippen LogP contribution in [0.25, 0.3) is 0 Å². The average Bonchev–Trinajstić information content (AvgIpc) is 3.50. The van der Waals surface area contributed by atoms with E-state index in [9.17, 15) is 31.1 Å². The molecule has 0 radical (unpaired) electrons. The lowest BCUT2D eigenvalue weighted by Crippen LogP contribution is -2.31. The van der Waals surface area contributed by atoms with Crippen LogP contribution in [0, 0.1) is 5.41 Å². The predicted octanol–water partition coefficient (Wildman–Crippen LogP) is 3.57. The molecule has 2 aromatic rings. The Labute approximate surface area is 199 Å². The Kier molecular flexibility index (Phi) is 9.07. The van der Waals surface area contributed by atoms with Crippen molar-refractivity contribution in [1.82, 2.24) is 9.88 Å². The molecule has 0 aliphatic carbocycles. The van der Waals surface area contributed by atoms with Crippen molar-refractivity contribution in [1.29, 1.82) is 0 Å². The molecule has 0 saturated carbocycles. The molecule has 4 heterocycles. The number of aromatic nitrogens is 1. The van der Waals surface area contributed by atoms with Gasteiger partial charge in [-0.25, -0.2) is 9.59 Å². The fourth-order valence-electron chi connectivity index (χ4n) is 3.70. The fourth-order valence-corrected chi connectivity index (χ4v) is 3.70. The van der Waals surface area contributed by atoms with Crippen LogP contribution < -0.4 is 4.90 Å². The van der Waals surface area contributed by atoms with Crippen molar-refractivity contribution >= 4 is 23.5 Å². The summed E-state index contributed by atoms with van der Waals surface area (Å²) in [5, 5.41) is 14.2. The zero-order valence-electron chi connectivity index (χ0n) is 18.4. The Morgan fingerprint density at radius 1 is 1.03 bits per heavy atom. The minimum atomic E-state index is -5.08. The lowest BCUT2D eigenvalue weighted by Gasteiger charge is -2.24. The molecule has 0 aromatic carbocycles. The molecule has 1 spiro atoms. The summed E-state index contributed by atoms with van der Waals surface area (Å²) >= 11 is 0. The number of pyridine rings is 1. The predicted molar refractivity (Wildman–Crippen MR) is 110 cm³/mol. The Hall–Kier alpha value is -3.62. The molecule has 9 nitrogen and oxygen atoms in total. The topological polar surface area (TPSA) is 124 Å². The number of carboxylic acid groups (broad SMARTS) is 2. The highest BCUT2D eigenvalue weighted by molar-refractivity contribution is 5.96. The highest BCUT2D eigenvalue weighted by Crippen LogP contribution is 2.42. The number of hydrogen-bond acceptors (Lipinski definition) is 6. The zero-order valence-corrected chi connectivity index (χ0v) is 18.4. The van der Waals surface area contributed by atoms with E-state index in [0.717, 1.165) is 44.0 Å². The van der Waals surface area contributed by atoms with Crippen molar-refractivity contribution in [3.05, 3.63) is 48.7 Å². The number of carbonyl (C=O) groups excluding carboxylic acids is 1. The molecule has 15 heteroatoms. The number of aliphatic carboxylic acids is 2. The molecule has 36 heavy (non-hydrogen) atoms. The van der Waals surface area contributed by atoms with Crippen molar-refractivity contribution in [2.24, 2.45) is 5.41 Å². The van der Waals surface area contributed by atoms with Gasteiger partial charge in [0.15, 0.2) is 0 Å². The first kappa shape index (κ1) is 28.6. The van der Waals surface area contributed by atoms with Crippen molar-refractivity contribution in [3.8, 4) is 0 Å². The summed E-state index contributed by atoms with van der Waals surface area (Å²) in [5.41, 5.74) is 0.994. The Bertz CT molecular complexity index is 1010. The third kappa shape index (κ3) is 8.25. The highest BCUT2D eigenvalue weighted by Gasteiger charge is 2.47. The van der Waals surface area contributed by atoms with Gasteiger partial charge in [0.25, 0.3) is 0 Å². The van der Waals surface area contributed by atoms with Crippen LogP contribution in [0.2, 0.25) is 0 Å². The smallest absolute Gasteiger partial charge is 0.475 e. The van der Waals surface area contributed by atoms with Crippen molar-refractivity contribution in [3.63, 3.8) is 0 Å². The molecule has 2 aliphatic rings. The second-order valence-corrected chi connectivity index (χ2v) is 8.01.